The van der Waals surface area contributed by atoms with Gasteiger partial charge in [0.15, 0.2) is 0 Å². The fourth-order valence-electron chi connectivity index (χ4n) is 2.31. The molecule has 0 saturated carbocycles. The molecule has 1 aromatic carbocycles. The van der Waals surface area contributed by atoms with E-state index in [9.17, 15) is 9.18 Å². The molecule has 0 saturated heterocycles. The van der Waals surface area contributed by atoms with Gasteiger partial charge >= 0.3 is 0 Å². The average Bonchev–Trinajstić information content (AvgIpc) is 2.73. The molecular weight excluding hydrogens is 275 g/mol. The Bertz CT molecular complexity index is 862. The highest BCUT2D eigenvalue weighted by Gasteiger charge is 2.17. The van der Waals surface area contributed by atoms with E-state index in [4.69, 9.17) is 0 Å². The number of aryl methyl sites for hydroxylation is 2. The molecule has 3 aromatic rings. The quantitative estimate of drug-likeness (QED) is 0.687. The zero-order chi connectivity index (χ0) is 14.4. The van der Waals surface area contributed by atoms with Crippen molar-refractivity contribution in [3.05, 3.63) is 51.1 Å². The van der Waals surface area contributed by atoms with Crippen LogP contribution in [0.25, 0.3) is 21.3 Å². The maximum Gasteiger partial charge on any atom is 0.262 e. The van der Waals surface area contributed by atoms with Crippen molar-refractivity contribution in [3.63, 3.8) is 0 Å². The molecule has 2 aromatic heterocycles. The summed E-state index contributed by atoms with van der Waals surface area (Å²) in [5, 5.41) is 0.618. The standard InChI is InChI=1S/C15H13FN2OS/c1-8-12(10-4-6-11(16)7-5-10)13-14(20-8)17-9(2)18(3)15(13)19/h4-7H,1-3H3. The fraction of sp³-hybridized carbons (Fsp3) is 0.200. The molecule has 0 unspecified atom stereocenters. The van der Waals surface area contributed by atoms with Crippen LogP contribution < -0.4 is 5.56 Å². The predicted molar refractivity (Wildman–Crippen MR) is 79.7 cm³/mol. The van der Waals surface area contributed by atoms with Crippen LogP contribution in [-0.2, 0) is 7.05 Å². The van der Waals surface area contributed by atoms with E-state index >= 15 is 0 Å². The van der Waals surface area contributed by atoms with E-state index in [-0.39, 0.29) is 11.4 Å². The first-order valence-corrected chi connectivity index (χ1v) is 7.03. The molecule has 0 amide bonds. The van der Waals surface area contributed by atoms with Gasteiger partial charge in [-0.25, -0.2) is 9.37 Å². The summed E-state index contributed by atoms with van der Waals surface area (Å²) in [5.41, 5.74) is 1.65. The Morgan fingerprint density at radius 2 is 1.85 bits per heavy atom. The molecule has 0 aliphatic heterocycles. The molecule has 0 fully saturated rings. The first kappa shape index (κ1) is 13.0. The average molecular weight is 288 g/mol. The number of hydrogen-bond acceptors (Lipinski definition) is 3. The maximum atomic E-state index is 13.1. The van der Waals surface area contributed by atoms with Gasteiger partial charge in [0.1, 0.15) is 16.5 Å². The van der Waals surface area contributed by atoms with E-state index in [0.29, 0.717) is 11.2 Å². The van der Waals surface area contributed by atoms with Crippen molar-refractivity contribution in [1.82, 2.24) is 9.55 Å². The topological polar surface area (TPSA) is 34.9 Å². The summed E-state index contributed by atoms with van der Waals surface area (Å²) >= 11 is 1.50. The van der Waals surface area contributed by atoms with Gasteiger partial charge < -0.3 is 0 Å². The van der Waals surface area contributed by atoms with Crippen molar-refractivity contribution in [2.75, 3.05) is 0 Å². The summed E-state index contributed by atoms with van der Waals surface area (Å²) in [6.45, 7) is 3.77. The van der Waals surface area contributed by atoms with Crippen molar-refractivity contribution in [2.45, 2.75) is 13.8 Å². The lowest BCUT2D eigenvalue weighted by atomic mass is 10.0. The highest BCUT2D eigenvalue weighted by Crippen LogP contribution is 2.35. The first-order chi connectivity index (χ1) is 9.49. The molecule has 3 nitrogen and oxygen atoms in total. The molecule has 0 aliphatic rings. The normalized spacial score (nSPS) is 11.2. The lowest BCUT2D eigenvalue weighted by Crippen LogP contribution is -2.20. The third-order valence-corrected chi connectivity index (χ3v) is 4.46. The smallest absolute Gasteiger partial charge is 0.262 e. The second-order valence-electron chi connectivity index (χ2n) is 4.74. The minimum atomic E-state index is -0.284. The van der Waals surface area contributed by atoms with Crippen molar-refractivity contribution in [1.29, 1.82) is 0 Å². The summed E-state index contributed by atoms with van der Waals surface area (Å²) in [6.07, 6.45) is 0. The van der Waals surface area contributed by atoms with Gasteiger partial charge in [-0.15, -0.1) is 11.3 Å². The minimum Gasteiger partial charge on any atom is -0.299 e. The second-order valence-corrected chi connectivity index (χ2v) is 5.95. The van der Waals surface area contributed by atoms with Gasteiger partial charge in [0.2, 0.25) is 0 Å². The second kappa shape index (κ2) is 4.52. The highest BCUT2D eigenvalue weighted by atomic mass is 32.1. The Balaban J connectivity index is 2.42. The van der Waals surface area contributed by atoms with Gasteiger partial charge in [0, 0.05) is 17.5 Å². The highest BCUT2D eigenvalue weighted by molar-refractivity contribution is 7.19. The number of benzene rings is 1. The third-order valence-electron chi connectivity index (χ3n) is 3.47. The summed E-state index contributed by atoms with van der Waals surface area (Å²) in [5.74, 6) is 0.405. The molecule has 0 atom stereocenters. The Morgan fingerprint density at radius 3 is 2.50 bits per heavy atom. The van der Waals surface area contributed by atoms with Crippen LogP contribution in [0.15, 0.2) is 29.1 Å². The van der Waals surface area contributed by atoms with Crippen molar-refractivity contribution >= 4 is 21.6 Å². The van der Waals surface area contributed by atoms with Gasteiger partial charge in [0.25, 0.3) is 5.56 Å². The number of rotatable bonds is 1. The Morgan fingerprint density at radius 1 is 1.20 bits per heavy atom. The third kappa shape index (κ3) is 1.86. The van der Waals surface area contributed by atoms with E-state index in [1.54, 1.807) is 23.7 Å². The summed E-state index contributed by atoms with van der Waals surface area (Å²) < 4.78 is 14.6. The predicted octanol–water partition coefficient (Wildman–Crippen LogP) is 3.42. The van der Waals surface area contributed by atoms with Crippen LogP contribution in [-0.4, -0.2) is 9.55 Å². The monoisotopic (exact) mass is 288 g/mol. The van der Waals surface area contributed by atoms with E-state index in [1.165, 1.54) is 23.5 Å². The van der Waals surface area contributed by atoms with Gasteiger partial charge in [0.05, 0.1) is 5.39 Å². The van der Waals surface area contributed by atoms with Gasteiger partial charge in [-0.3, -0.25) is 9.36 Å². The van der Waals surface area contributed by atoms with Crippen LogP contribution in [0.3, 0.4) is 0 Å². The lowest BCUT2D eigenvalue weighted by molar-refractivity contribution is 0.628. The molecule has 5 heteroatoms. The van der Waals surface area contributed by atoms with E-state index in [2.05, 4.69) is 4.98 Å². The zero-order valence-electron chi connectivity index (χ0n) is 11.4. The lowest BCUT2D eigenvalue weighted by Gasteiger charge is -2.05. The Hall–Kier alpha value is -2.01. The van der Waals surface area contributed by atoms with E-state index < -0.39 is 0 Å². The molecule has 0 bridgehead atoms. The van der Waals surface area contributed by atoms with Crippen LogP contribution in [0.1, 0.15) is 10.7 Å². The molecule has 0 N–H and O–H groups in total. The minimum absolute atomic E-state index is 0.0591. The van der Waals surface area contributed by atoms with Gasteiger partial charge in [-0.1, -0.05) is 12.1 Å². The molecule has 0 spiro atoms. The van der Waals surface area contributed by atoms with Crippen LogP contribution in [0.4, 0.5) is 4.39 Å². The molecule has 20 heavy (non-hydrogen) atoms. The van der Waals surface area contributed by atoms with Crippen molar-refractivity contribution in [3.8, 4) is 11.1 Å². The molecule has 2 heterocycles. The van der Waals surface area contributed by atoms with Crippen molar-refractivity contribution in [2.24, 2.45) is 7.05 Å². The van der Waals surface area contributed by atoms with Crippen LogP contribution in [0.2, 0.25) is 0 Å². The van der Waals surface area contributed by atoms with Gasteiger partial charge in [-0.2, -0.15) is 0 Å². The summed E-state index contributed by atoms with van der Waals surface area (Å²) in [7, 11) is 1.71. The number of halogens is 1. The number of thiophene rings is 1. The Labute approximate surface area is 119 Å². The number of aromatic nitrogens is 2. The zero-order valence-corrected chi connectivity index (χ0v) is 12.2. The number of nitrogens with zero attached hydrogens (tertiary/aromatic N) is 2. The number of hydrogen-bond donors (Lipinski definition) is 0. The van der Waals surface area contributed by atoms with Crippen LogP contribution in [0, 0.1) is 19.7 Å². The largest absolute Gasteiger partial charge is 0.299 e. The number of fused-ring (bicyclic) bond motifs is 1. The Kier molecular flexibility index (Phi) is 2.94. The molecule has 0 radical (unpaired) electrons. The maximum absolute atomic E-state index is 13.1. The van der Waals surface area contributed by atoms with Crippen LogP contribution in [0.5, 0.6) is 0 Å². The summed E-state index contributed by atoms with van der Waals surface area (Å²) in [6, 6.07) is 6.21. The SMILES string of the molecule is Cc1sc2nc(C)n(C)c(=O)c2c1-c1ccc(F)cc1. The molecule has 0 aliphatic carbocycles. The van der Waals surface area contributed by atoms with Gasteiger partial charge in [-0.05, 0) is 31.5 Å². The molecule has 102 valence electrons. The molecule has 3 rings (SSSR count). The van der Waals surface area contributed by atoms with E-state index in [0.717, 1.165) is 20.8 Å². The molecular formula is C15H13FN2OS. The van der Waals surface area contributed by atoms with Crippen molar-refractivity contribution < 1.29 is 4.39 Å². The van der Waals surface area contributed by atoms with E-state index in [1.807, 2.05) is 13.8 Å². The fourth-order valence-corrected chi connectivity index (χ4v) is 3.39. The first-order valence-electron chi connectivity index (χ1n) is 6.21. The van der Waals surface area contributed by atoms with Crippen LogP contribution >= 0.6 is 11.3 Å². The summed E-state index contributed by atoms with van der Waals surface area (Å²) in [4.78, 5) is 18.7.